The van der Waals surface area contributed by atoms with E-state index in [1.54, 1.807) is 17.3 Å². The summed E-state index contributed by atoms with van der Waals surface area (Å²) in [6.07, 6.45) is 4.99. The second-order valence-electron chi connectivity index (χ2n) is 6.36. The number of nitrogens with two attached hydrogens (primary N) is 1. The van der Waals surface area contributed by atoms with Crippen molar-refractivity contribution in [1.82, 2.24) is 25.1 Å². The van der Waals surface area contributed by atoms with Gasteiger partial charge >= 0.3 is 6.03 Å². The highest BCUT2D eigenvalue weighted by Crippen LogP contribution is 2.16. The number of amides is 3. The van der Waals surface area contributed by atoms with Crippen LogP contribution in [0.5, 0.6) is 0 Å². The molecule has 3 heterocycles. The number of urea groups is 1. The van der Waals surface area contributed by atoms with Crippen molar-refractivity contribution in [3.05, 3.63) is 18.5 Å². The molecule has 9 nitrogen and oxygen atoms in total. The number of carbonyl (C=O) groups is 2. The molecule has 3 N–H and O–H groups in total. The smallest absolute Gasteiger partial charge is 0.318 e. The zero-order chi connectivity index (χ0) is 17.6. The Morgan fingerprint density at radius 1 is 1.16 bits per heavy atom. The summed E-state index contributed by atoms with van der Waals surface area (Å²) in [5, 5.41) is 2.90. The highest BCUT2D eigenvalue weighted by molar-refractivity contribution is 5.86. The lowest BCUT2D eigenvalue weighted by atomic mass is 10.2. The van der Waals surface area contributed by atoms with E-state index in [0.717, 1.165) is 45.1 Å². The van der Waals surface area contributed by atoms with Crippen molar-refractivity contribution in [2.45, 2.75) is 18.9 Å². The van der Waals surface area contributed by atoms with Crippen LogP contribution in [0, 0.1) is 0 Å². The number of hydrogen-bond donors (Lipinski definition) is 2. The van der Waals surface area contributed by atoms with Crippen LogP contribution in [0.15, 0.2) is 18.5 Å². The van der Waals surface area contributed by atoms with Gasteiger partial charge in [-0.3, -0.25) is 9.69 Å². The van der Waals surface area contributed by atoms with Crippen molar-refractivity contribution in [3.63, 3.8) is 0 Å². The Bertz CT molecular complexity index is 589. The fraction of sp³-hybridized carbons (Fsp3) is 0.625. The molecule has 1 atom stereocenters. The molecule has 136 valence electrons. The number of hydrogen-bond acceptors (Lipinski definition) is 6. The average molecular weight is 347 g/mol. The zero-order valence-corrected chi connectivity index (χ0v) is 14.3. The predicted octanol–water partition coefficient (Wildman–Crippen LogP) is -0.742. The van der Waals surface area contributed by atoms with Crippen LogP contribution in [0.25, 0.3) is 0 Å². The maximum Gasteiger partial charge on any atom is 0.318 e. The van der Waals surface area contributed by atoms with Gasteiger partial charge in [-0.15, -0.1) is 0 Å². The second kappa shape index (κ2) is 8.11. The fourth-order valence-electron chi connectivity index (χ4n) is 3.35. The van der Waals surface area contributed by atoms with E-state index in [1.165, 1.54) is 0 Å². The Balaban J connectivity index is 1.37. The molecule has 2 fully saturated rings. The molecule has 0 radical (unpaired) electrons. The number of carbonyl (C=O) groups excluding carboxylic acids is 2. The van der Waals surface area contributed by atoms with Crippen molar-refractivity contribution >= 4 is 17.9 Å². The number of anilines is 1. The molecule has 2 aliphatic heterocycles. The number of likely N-dealkylation sites (tertiary alicyclic amines) is 1. The van der Waals surface area contributed by atoms with Gasteiger partial charge in [0.2, 0.25) is 11.9 Å². The minimum atomic E-state index is -0.464. The molecule has 1 aromatic heterocycles. The van der Waals surface area contributed by atoms with E-state index in [-0.39, 0.29) is 6.03 Å². The highest BCUT2D eigenvalue weighted by Gasteiger charge is 2.32. The SMILES string of the molecule is NC(=O)[C@@H]1CCCN1C(=O)NCCN1CCN(c2ncccn2)CC1. The van der Waals surface area contributed by atoms with Crippen molar-refractivity contribution in [2.75, 3.05) is 50.7 Å². The van der Waals surface area contributed by atoms with Gasteiger partial charge in [0.1, 0.15) is 6.04 Å². The molecule has 2 aliphatic rings. The normalized spacial score (nSPS) is 21.4. The van der Waals surface area contributed by atoms with Gasteiger partial charge in [0.15, 0.2) is 0 Å². The van der Waals surface area contributed by atoms with E-state index in [2.05, 4.69) is 25.1 Å². The molecule has 0 aromatic carbocycles. The molecule has 0 spiro atoms. The Morgan fingerprint density at radius 3 is 2.56 bits per heavy atom. The molecular weight excluding hydrogens is 322 g/mol. The van der Waals surface area contributed by atoms with Crippen LogP contribution in [0.1, 0.15) is 12.8 Å². The molecule has 0 saturated carbocycles. The number of primary amides is 1. The first-order valence-corrected chi connectivity index (χ1v) is 8.73. The van der Waals surface area contributed by atoms with Crippen LogP contribution in [0.3, 0.4) is 0 Å². The summed E-state index contributed by atoms with van der Waals surface area (Å²) in [4.78, 5) is 38.1. The third-order valence-corrected chi connectivity index (χ3v) is 4.75. The monoisotopic (exact) mass is 347 g/mol. The van der Waals surface area contributed by atoms with Crippen LogP contribution >= 0.6 is 0 Å². The molecule has 1 aromatic rings. The van der Waals surface area contributed by atoms with E-state index in [4.69, 9.17) is 5.73 Å². The Kier molecular flexibility index (Phi) is 5.64. The topological polar surface area (TPSA) is 108 Å². The minimum absolute atomic E-state index is 0.197. The fourth-order valence-corrected chi connectivity index (χ4v) is 3.35. The maximum atomic E-state index is 12.2. The second-order valence-corrected chi connectivity index (χ2v) is 6.36. The lowest BCUT2D eigenvalue weighted by Crippen LogP contribution is -2.51. The summed E-state index contributed by atoms with van der Waals surface area (Å²) in [7, 11) is 0. The number of nitrogens with zero attached hydrogens (tertiary/aromatic N) is 5. The molecule has 0 aliphatic carbocycles. The van der Waals surface area contributed by atoms with Gasteiger partial charge < -0.3 is 20.9 Å². The lowest BCUT2D eigenvalue weighted by molar-refractivity contribution is -0.121. The Labute approximate surface area is 147 Å². The maximum absolute atomic E-state index is 12.2. The van der Waals surface area contributed by atoms with E-state index in [0.29, 0.717) is 19.5 Å². The first-order valence-electron chi connectivity index (χ1n) is 8.73. The van der Waals surface area contributed by atoms with Crippen molar-refractivity contribution in [3.8, 4) is 0 Å². The largest absolute Gasteiger partial charge is 0.368 e. The quantitative estimate of drug-likeness (QED) is 0.726. The van der Waals surface area contributed by atoms with Crippen molar-refractivity contribution in [2.24, 2.45) is 5.73 Å². The predicted molar refractivity (Wildman–Crippen MR) is 93.0 cm³/mol. The molecule has 0 bridgehead atoms. The van der Waals surface area contributed by atoms with Gasteiger partial charge in [-0.1, -0.05) is 0 Å². The van der Waals surface area contributed by atoms with Crippen LogP contribution in [0.2, 0.25) is 0 Å². The molecule has 2 saturated heterocycles. The molecule has 9 heteroatoms. The number of rotatable bonds is 5. The van der Waals surface area contributed by atoms with Crippen LogP contribution in [-0.2, 0) is 4.79 Å². The minimum Gasteiger partial charge on any atom is -0.368 e. The summed E-state index contributed by atoms with van der Waals surface area (Å²) >= 11 is 0. The van der Waals surface area contributed by atoms with Gasteiger partial charge in [0.05, 0.1) is 0 Å². The van der Waals surface area contributed by atoms with E-state index in [1.807, 2.05) is 6.07 Å². The summed E-state index contributed by atoms with van der Waals surface area (Å²) in [6, 6.07) is 1.15. The molecular formula is C16H25N7O2. The zero-order valence-electron chi connectivity index (χ0n) is 14.3. The van der Waals surface area contributed by atoms with Crippen molar-refractivity contribution < 1.29 is 9.59 Å². The summed E-state index contributed by atoms with van der Waals surface area (Å²) in [6.45, 7) is 5.48. The summed E-state index contributed by atoms with van der Waals surface area (Å²) in [5.74, 6) is 0.342. The summed E-state index contributed by atoms with van der Waals surface area (Å²) in [5.41, 5.74) is 5.35. The lowest BCUT2D eigenvalue weighted by Gasteiger charge is -2.34. The van der Waals surface area contributed by atoms with Gasteiger partial charge in [-0.05, 0) is 18.9 Å². The standard InChI is InChI=1S/C16H25N7O2/c17-14(24)13-3-1-7-23(13)16(25)20-6-8-21-9-11-22(12-10-21)15-18-4-2-5-19-15/h2,4-5,13H,1,3,6-12H2,(H2,17,24)(H,20,25)/t13-/m0/s1. The third kappa shape index (κ3) is 4.36. The van der Waals surface area contributed by atoms with Gasteiger partial charge in [-0.2, -0.15) is 0 Å². The number of piperazine rings is 1. The number of aromatic nitrogens is 2. The molecule has 25 heavy (non-hydrogen) atoms. The average Bonchev–Trinajstić information content (AvgIpc) is 3.13. The van der Waals surface area contributed by atoms with Gasteiger partial charge in [0, 0.05) is 58.2 Å². The molecule has 3 rings (SSSR count). The Morgan fingerprint density at radius 2 is 1.88 bits per heavy atom. The highest BCUT2D eigenvalue weighted by atomic mass is 16.2. The first kappa shape index (κ1) is 17.4. The van der Waals surface area contributed by atoms with Gasteiger partial charge in [-0.25, -0.2) is 14.8 Å². The van der Waals surface area contributed by atoms with E-state index in [9.17, 15) is 9.59 Å². The first-order chi connectivity index (χ1) is 12.1. The van der Waals surface area contributed by atoms with Crippen LogP contribution in [-0.4, -0.2) is 83.6 Å². The van der Waals surface area contributed by atoms with Crippen LogP contribution in [0.4, 0.5) is 10.7 Å². The Hall–Kier alpha value is -2.42. The van der Waals surface area contributed by atoms with Crippen LogP contribution < -0.4 is 16.0 Å². The molecule has 3 amide bonds. The number of nitrogens with one attached hydrogen (secondary N) is 1. The third-order valence-electron chi connectivity index (χ3n) is 4.75. The van der Waals surface area contributed by atoms with E-state index >= 15 is 0 Å². The molecule has 0 unspecified atom stereocenters. The summed E-state index contributed by atoms with van der Waals surface area (Å²) < 4.78 is 0. The van der Waals surface area contributed by atoms with Gasteiger partial charge in [0.25, 0.3) is 0 Å². The van der Waals surface area contributed by atoms with E-state index < -0.39 is 11.9 Å². The van der Waals surface area contributed by atoms with Crippen molar-refractivity contribution in [1.29, 1.82) is 0 Å².